The minimum atomic E-state index is -1.12. The van der Waals surface area contributed by atoms with E-state index in [1.54, 1.807) is 12.1 Å². The van der Waals surface area contributed by atoms with Crippen molar-refractivity contribution in [1.29, 1.82) is 5.26 Å². The van der Waals surface area contributed by atoms with Crippen molar-refractivity contribution in [1.82, 2.24) is 0 Å². The maximum atomic E-state index is 13.5. The summed E-state index contributed by atoms with van der Waals surface area (Å²) < 4.78 is 15.7. The molecule has 1 aliphatic rings. The van der Waals surface area contributed by atoms with Crippen molar-refractivity contribution in [2.24, 2.45) is 0 Å². The van der Waals surface area contributed by atoms with Gasteiger partial charge in [-0.05, 0) is 48.0 Å². The standard InChI is InChI=1S/C28H20Cl2N2O7/c1-14(33)39-18-10-6-16(7-11-18)23-21(24(34)19-12-20(29)27(38-3)22(30)26(19)37-2)25(35)28(36)32(23)17-8-4-15(13-31)5-9-17/h4-12,23,34H,1-3H3/b24-21+. The van der Waals surface area contributed by atoms with Crippen LogP contribution in [0.4, 0.5) is 5.69 Å². The number of carbonyl (C=O) groups excluding carboxylic acids is 3. The van der Waals surface area contributed by atoms with Gasteiger partial charge < -0.3 is 19.3 Å². The topological polar surface area (TPSA) is 126 Å². The van der Waals surface area contributed by atoms with Crippen LogP contribution < -0.4 is 19.1 Å². The number of amides is 1. The fraction of sp³-hybridized carbons (Fsp3) is 0.143. The Labute approximate surface area is 233 Å². The van der Waals surface area contributed by atoms with Gasteiger partial charge in [0.25, 0.3) is 11.7 Å². The Balaban J connectivity index is 1.97. The molecular formula is C28H20Cl2N2O7. The summed E-state index contributed by atoms with van der Waals surface area (Å²) in [6.45, 7) is 1.26. The number of hydrogen-bond donors (Lipinski definition) is 1. The van der Waals surface area contributed by atoms with Gasteiger partial charge >= 0.3 is 5.97 Å². The zero-order valence-electron chi connectivity index (χ0n) is 20.8. The molecule has 198 valence electrons. The van der Waals surface area contributed by atoms with Crippen molar-refractivity contribution >= 4 is 52.3 Å². The average molecular weight is 567 g/mol. The lowest BCUT2D eigenvalue weighted by molar-refractivity contribution is -0.132. The number of nitrogens with zero attached hydrogens (tertiary/aromatic N) is 2. The monoisotopic (exact) mass is 566 g/mol. The van der Waals surface area contributed by atoms with Crippen LogP contribution in [0.2, 0.25) is 10.0 Å². The Morgan fingerprint density at radius 2 is 1.62 bits per heavy atom. The lowest BCUT2D eigenvalue weighted by Gasteiger charge is -2.26. The van der Waals surface area contributed by atoms with Gasteiger partial charge in [-0.25, -0.2) is 0 Å². The maximum Gasteiger partial charge on any atom is 0.308 e. The van der Waals surface area contributed by atoms with Crippen LogP contribution in [0.3, 0.4) is 0 Å². The summed E-state index contributed by atoms with van der Waals surface area (Å²) in [6, 6.07) is 14.4. The lowest BCUT2D eigenvalue weighted by atomic mass is 9.94. The number of hydrogen-bond acceptors (Lipinski definition) is 8. The second kappa shape index (κ2) is 11.1. The van der Waals surface area contributed by atoms with Crippen LogP contribution in [-0.2, 0) is 14.4 Å². The molecular weight excluding hydrogens is 547 g/mol. The van der Waals surface area contributed by atoms with Crippen LogP contribution in [0.15, 0.2) is 60.2 Å². The molecule has 39 heavy (non-hydrogen) atoms. The van der Waals surface area contributed by atoms with E-state index in [9.17, 15) is 24.8 Å². The summed E-state index contributed by atoms with van der Waals surface area (Å²) in [5.74, 6) is -2.67. The first kappa shape index (κ1) is 27.5. The predicted molar refractivity (Wildman–Crippen MR) is 143 cm³/mol. The van der Waals surface area contributed by atoms with E-state index in [1.165, 1.54) is 68.5 Å². The molecule has 0 spiro atoms. The number of halogens is 2. The summed E-state index contributed by atoms with van der Waals surface area (Å²) in [5, 5.41) is 20.7. The Morgan fingerprint density at radius 1 is 1.00 bits per heavy atom. The van der Waals surface area contributed by atoms with Crippen LogP contribution in [0.25, 0.3) is 5.76 Å². The van der Waals surface area contributed by atoms with Crippen molar-refractivity contribution in [3.63, 3.8) is 0 Å². The second-order valence-electron chi connectivity index (χ2n) is 8.28. The number of benzene rings is 3. The van der Waals surface area contributed by atoms with E-state index in [2.05, 4.69) is 0 Å². The number of ketones is 1. The molecule has 3 aromatic rings. The zero-order valence-corrected chi connectivity index (χ0v) is 22.3. The Bertz CT molecular complexity index is 1560. The molecule has 1 fully saturated rings. The molecule has 1 N–H and O–H groups in total. The summed E-state index contributed by atoms with van der Waals surface area (Å²) in [7, 11) is 2.67. The lowest BCUT2D eigenvalue weighted by Crippen LogP contribution is -2.29. The molecule has 1 atom stereocenters. The van der Waals surface area contributed by atoms with Gasteiger partial charge in [-0.3, -0.25) is 19.3 Å². The fourth-order valence-corrected chi connectivity index (χ4v) is 4.97. The van der Waals surface area contributed by atoms with Crippen LogP contribution >= 0.6 is 23.2 Å². The van der Waals surface area contributed by atoms with Gasteiger partial charge in [0, 0.05) is 12.6 Å². The molecule has 9 nitrogen and oxygen atoms in total. The Hall–Kier alpha value is -4.52. The van der Waals surface area contributed by atoms with Crippen molar-refractivity contribution in [2.75, 3.05) is 19.1 Å². The van der Waals surface area contributed by atoms with E-state index in [-0.39, 0.29) is 38.4 Å². The van der Waals surface area contributed by atoms with Gasteiger partial charge in [0.2, 0.25) is 0 Å². The minimum absolute atomic E-state index is 0.0241. The fourth-order valence-electron chi connectivity index (χ4n) is 4.29. The highest BCUT2D eigenvalue weighted by Crippen LogP contribution is 2.48. The molecule has 1 heterocycles. The average Bonchev–Trinajstić information content (AvgIpc) is 3.18. The van der Waals surface area contributed by atoms with E-state index in [1.807, 2.05) is 6.07 Å². The van der Waals surface area contributed by atoms with Crippen molar-refractivity contribution in [2.45, 2.75) is 13.0 Å². The third kappa shape index (κ3) is 5.00. The number of Topliss-reactive ketones (excluding diaryl/α,β-unsaturated/α-hetero) is 1. The molecule has 0 aromatic heterocycles. The quantitative estimate of drug-likeness (QED) is 0.137. The molecule has 0 bridgehead atoms. The van der Waals surface area contributed by atoms with E-state index in [0.29, 0.717) is 16.8 Å². The number of ether oxygens (including phenoxy) is 3. The minimum Gasteiger partial charge on any atom is -0.507 e. The van der Waals surface area contributed by atoms with Gasteiger partial charge in [0.15, 0.2) is 11.5 Å². The maximum absolute atomic E-state index is 13.5. The number of rotatable bonds is 6. The summed E-state index contributed by atoms with van der Waals surface area (Å²) in [4.78, 5) is 39.4. The normalized spacial score (nSPS) is 16.1. The number of aliphatic hydroxyl groups is 1. The van der Waals surface area contributed by atoms with Gasteiger partial charge in [-0.2, -0.15) is 5.26 Å². The molecule has 1 aliphatic heterocycles. The van der Waals surface area contributed by atoms with Crippen molar-refractivity contribution < 1.29 is 33.7 Å². The largest absolute Gasteiger partial charge is 0.507 e. The number of anilines is 1. The van der Waals surface area contributed by atoms with Crippen LogP contribution in [0.5, 0.6) is 17.2 Å². The Kier molecular flexibility index (Phi) is 7.81. The SMILES string of the molecule is COc1c(Cl)cc(/C(O)=C2\C(=O)C(=O)N(c3ccc(C#N)cc3)C2c2ccc(OC(C)=O)cc2)c(OC)c1Cl. The highest BCUT2D eigenvalue weighted by Gasteiger charge is 2.47. The van der Waals surface area contributed by atoms with Gasteiger partial charge in [0.05, 0.1) is 48.1 Å². The number of esters is 1. The molecule has 4 rings (SSSR count). The van der Waals surface area contributed by atoms with E-state index < -0.39 is 29.5 Å². The van der Waals surface area contributed by atoms with Gasteiger partial charge in [0.1, 0.15) is 16.5 Å². The van der Waals surface area contributed by atoms with Crippen LogP contribution in [0.1, 0.15) is 29.7 Å². The Morgan fingerprint density at radius 3 is 2.15 bits per heavy atom. The zero-order chi connectivity index (χ0) is 28.4. The molecule has 11 heteroatoms. The molecule has 0 radical (unpaired) electrons. The molecule has 0 aliphatic carbocycles. The van der Waals surface area contributed by atoms with E-state index in [0.717, 1.165) is 0 Å². The van der Waals surface area contributed by atoms with Gasteiger partial charge in [-0.1, -0.05) is 35.3 Å². The van der Waals surface area contributed by atoms with Gasteiger partial charge in [-0.15, -0.1) is 0 Å². The van der Waals surface area contributed by atoms with Crippen molar-refractivity contribution in [3.05, 3.63) is 86.9 Å². The molecule has 1 saturated heterocycles. The van der Waals surface area contributed by atoms with Crippen LogP contribution in [-0.4, -0.2) is 37.0 Å². The second-order valence-corrected chi connectivity index (χ2v) is 9.06. The third-order valence-electron chi connectivity index (χ3n) is 5.97. The summed E-state index contributed by atoms with van der Waals surface area (Å²) in [5.41, 5.74) is 0.778. The number of carbonyl (C=O) groups is 3. The molecule has 1 unspecified atom stereocenters. The first-order valence-corrected chi connectivity index (χ1v) is 12.1. The first-order chi connectivity index (χ1) is 18.6. The molecule has 0 saturated carbocycles. The van der Waals surface area contributed by atoms with Crippen LogP contribution in [0, 0.1) is 11.3 Å². The predicted octanol–water partition coefficient (Wildman–Crippen LogP) is 5.43. The number of aliphatic hydroxyl groups excluding tert-OH is 1. The number of methoxy groups -OCH3 is 2. The number of nitriles is 1. The van der Waals surface area contributed by atoms with E-state index >= 15 is 0 Å². The highest BCUT2D eigenvalue weighted by atomic mass is 35.5. The molecule has 1 amide bonds. The van der Waals surface area contributed by atoms with E-state index in [4.69, 9.17) is 37.4 Å². The highest BCUT2D eigenvalue weighted by molar-refractivity contribution is 6.52. The van der Waals surface area contributed by atoms with Crippen molar-refractivity contribution in [3.8, 4) is 23.3 Å². The first-order valence-electron chi connectivity index (χ1n) is 11.3. The summed E-state index contributed by atoms with van der Waals surface area (Å²) >= 11 is 12.7. The molecule has 3 aromatic carbocycles. The third-order valence-corrected chi connectivity index (χ3v) is 6.60. The summed E-state index contributed by atoms with van der Waals surface area (Å²) in [6.07, 6.45) is 0. The smallest absolute Gasteiger partial charge is 0.308 e.